The number of anilines is 1. The summed E-state index contributed by atoms with van der Waals surface area (Å²) >= 11 is 0. The SMILES string of the molecule is C[C@]1(O)CC2=C(C(=O)c3c(O)cc(NCCN4CCOCC4)c(O)c3C2=O)[C@@H](O)C1. The molecule has 0 bridgehead atoms. The van der Waals surface area contributed by atoms with Gasteiger partial charge in [0.05, 0.1) is 41.7 Å². The molecule has 9 heteroatoms. The number of ketones is 2. The molecule has 0 radical (unpaired) electrons. The van der Waals surface area contributed by atoms with Gasteiger partial charge in [-0.2, -0.15) is 0 Å². The maximum Gasteiger partial charge on any atom is 0.196 e. The molecular weight excluding hydrogens is 392 g/mol. The van der Waals surface area contributed by atoms with E-state index in [0.29, 0.717) is 26.3 Å². The Morgan fingerprint density at radius 2 is 1.90 bits per heavy atom. The van der Waals surface area contributed by atoms with E-state index in [4.69, 9.17) is 4.74 Å². The van der Waals surface area contributed by atoms with Gasteiger partial charge in [0.25, 0.3) is 0 Å². The maximum absolute atomic E-state index is 13.1. The molecule has 2 atom stereocenters. The molecule has 1 aliphatic heterocycles. The second-order valence-electron chi connectivity index (χ2n) is 8.37. The fourth-order valence-corrected chi connectivity index (χ4v) is 4.46. The lowest BCUT2D eigenvalue weighted by atomic mass is 9.71. The van der Waals surface area contributed by atoms with Crippen LogP contribution in [-0.4, -0.2) is 88.0 Å². The molecule has 162 valence electrons. The third-order valence-electron chi connectivity index (χ3n) is 5.95. The van der Waals surface area contributed by atoms with E-state index >= 15 is 0 Å². The predicted molar refractivity (Wildman–Crippen MR) is 107 cm³/mol. The maximum atomic E-state index is 13.1. The average Bonchev–Trinajstić information content (AvgIpc) is 2.68. The van der Waals surface area contributed by atoms with Gasteiger partial charge in [-0.05, 0) is 6.92 Å². The Labute approximate surface area is 173 Å². The summed E-state index contributed by atoms with van der Waals surface area (Å²) in [6, 6.07) is 1.22. The third kappa shape index (κ3) is 3.58. The van der Waals surface area contributed by atoms with Crippen LogP contribution < -0.4 is 5.32 Å². The van der Waals surface area contributed by atoms with Crippen LogP contribution in [0.15, 0.2) is 17.2 Å². The molecule has 1 saturated heterocycles. The first kappa shape index (κ1) is 20.8. The van der Waals surface area contributed by atoms with E-state index in [2.05, 4.69) is 10.2 Å². The molecule has 0 saturated carbocycles. The first-order valence-corrected chi connectivity index (χ1v) is 10.1. The summed E-state index contributed by atoms with van der Waals surface area (Å²) in [5.74, 6) is -2.22. The Morgan fingerprint density at radius 3 is 2.60 bits per heavy atom. The fraction of sp³-hybridized carbons (Fsp3) is 0.524. The highest BCUT2D eigenvalue weighted by atomic mass is 16.5. The standard InChI is InChI=1S/C21H26N2O7/c1-21(29)9-11-15(14(25)10-21)20(28)16-13(24)8-12(19(27)17(16)18(11)26)22-2-3-23-4-6-30-7-5-23/h8,14,22,24-25,27,29H,2-7,9-10H2,1H3/t14-,21-/m0/s1. The van der Waals surface area contributed by atoms with Gasteiger partial charge in [-0.25, -0.2) is 0 Å². The lowest BCUT2D eigenvalue weighted by molar-refractivity contribution is 0.00373. The highest BCUT2D eigenvalue weighted by Crippen LogP contribution is 2.46. The summed E-state index contributed by atoms with van der Waals surface area (Å²) in [6.07, 6.45) is -1.52. The quantitative estimate of drug-likeness (QED) is 0.348. The van der Waals surface area contributed by atoms with Crippen molar-refractivity contribution in [2.75, 3.05) is 44.7 Å². The lowest BCUT2D eigenvalue weighted by Crippen LogP contribution is -2.42. The van der Waals surface area contributed by atoms with Crippen LogP contribution in [0.1, 0.15) is 40.5 Å². The van der Waals surface area contributed by atoms with Gasteiger partial charge in [-0.15, -0.1) is 0 Å². The van der Waals surface area contributed by atoms with E-state index in [0.717, 1.165) is 13.1 Å². The largest absolute Gasteiger partial charge is 0.507 e. The van der Waals surface area contributed by atoms with Gasteiger partial charge in [0.1, 0.15) is 5.75 Å². The van der Waals surface area contributed by atoms with Crippen molar-refractivity contribution in [1.82, 2.24) is 4.90 Å². The minimum absolute atomic E-state index is 0.0172. The van der Waals surface area contributed by atoms with Crippen molar-refractivity contribution in [1.29, 1.82) is 0 Å². The van der Waals surface area contributed by atoms with Crippen molar-refractivity contribution in [2.24, 2.45) is 0 Å². The summed E-state index contributed by atoms with van der Waals surface area (Å²) in [5.41, 5.74) is -1.93. The number of rotatable bonds is 4. The number of morpholine rings is 1. The molecule has 1 aromatic rings. The smallest absolute Gasteiger partial charge is 0.196 e. The zero-order valence-corrected chi connectivity index (χ0v) is 16.8. The summed E-state index contributed by atoms with van der Waals surface area (Å²) in [4.78, 5) is 28.3. The van der Waals surface area contributed by atoms with E-state index in [-0.39, 0.29) is 40.8 Å². The number of aromatic hydroxyl groups is 2. The summed E-state index contributed by atoms with van der Waals surface area (Å²) in [5, 5.41) is 44.9. The van der Waals surface area contributed by atoms with Crippen LogP contribution in [0.2, 0.25) is 0 Å². The topological polar surface area (TPSA) is 140 Å². The fourth-order valence-electron chi connectivity index (χ4n) is 4.46. The second kappa shape index (κ2) is 7.66. The molecule has 0 aromatic heterocycles. The van der Waals surface area contributed by atoms with Gasteiger partial charge in [-0.1, -0.05) is 0 Å². The number of nitrogens with one attached hydrogen (secondary N) is 1. The van der Waals surface area contributed by atoms with Crippen molar-refractivity contribution < 1.29 is 34.8 Å². The zero-order valence-electron chi connectivity index (χ0n) is 16.8. The molecule has 1 heterocycles. The van der Waals surface area contributed by atoms with Crippen LogP contribution in [-0.2, 0) is 4.74 Å². The highest BCUT2D eigenvalue weighted by molar-refractivity contribution is 6.30. The molecule has 1 aromatic carbocycles. The number of aliphatic hydroxyl groups excluding tert-OH is 1. The summed E-state index contributed by atoms with van der Waals surface area (Å²) in [7, 11) is 0. The van der Waals surface area contributed by atoms with Crippen molar-refractivity contribution in [2.45, 2.75) is 31.5 Å². The van der Waals surface area contributed by atoms with Gasteiger partial charge in [-0.3, -0.25) is 14.5 Å². The molecule has 1 fully saturated rings. The number of aliphatic hydroxyl groups is 2. The Morgan fingerprint density at radius 1 is 1.20 bits per heavy atom. The van der Waals surface area contributed by atoms with Gasteiger partial charge >= 0.3 is 0 Å². The van der Waals surface area contributed by atoms with E-state index in [1.54, 1.807) is 0 Å². The van der Waals surface area contributed by atoms with Gasteiger partial charge in [0, 0.05) is 56.2 Å². The average molecular weight is 418 g/mol. The van der Waals surface area contributed by atoms with Crippen LogP contribution in [0, 0.1) is 0 Å². The zero-order chi connectivity index (χ0) is 21.6. The number of nitrogens with zero attached hydrogens (tertiary/aromatic N) is 1. The van der Waals surface area contributed by atoms with Gasteiger partial charge < -0.3 is 30.5 Å². The Hall–Kier alpha value is -2.46. The van der Waals surface area contributed by atoms with Crippen molar-refractivity contribution in [3.8, 4) is 11.5 Å². The van der Waals surface area contributed by atoms with E-state index < -0.39 is 34.8 Å². The predicted octanol–water partition coefficient (Wildman–Crippen LogP) is 0.423. The number of fused-ring (bicyclic) bond motifs is 1. The summed E-state index contributed by atoms with van der Waals surface area (Å²) < 4.78 is 5.30. The van der Waals surface area contributed by atoms with Crippen LogP contribution in [0.5, 0.6) is 11.5 Å². The van der Waals surface area contributed by atoms with Gasteiger partial charge in [0.2, 0.25) is 0 Å². The number of hydrogen-bond acceptors (Lipinski definition) is 9. The third-order valence-corrected chi connectivity index (χ3v) is 5.95. The van der Waals surface area contributed by atoms with Crippen molar-refractivity contribution in [3.63, 3.8) is 0 Å². The highest BCUT2D eigenvalue weighted by Gasteiger charge is 2.46. The lowest BCUT2D eigenvalue weighted by Gasteiger charge is -2.36. The number of phenolic OH excluding ortho intramolecular Hbond substituents is 2. The molecule has 0 spiro atoms. The van der Waals surface area contributed by atoms with E-state index in [1.165, 1.54) is 13.0 Å². The Kier molecular flexibility index (Phi) is 5.31. The molecule has 2 aliphatic carbocycles. The van der Waals surface area contributed by atoms with Crippen LogP contribution >= 0.6 is 0 Å². The van der Waals surface area contributed by atoms with E-state index in [9.17, 15) is 30.0 Å². The minimum Gasteiger partial charge on any atom is -0.507 e. The number of benzene rings is 1. The Balaban J connectivity index is 1.63. The first-order chi connectivity index (χ1) is 14.2. The second-order valence-corrected chi connectivity index (χ2v) is 8.37. The number of hydrogen-bond donors (Lipinski definition) is 5. The first-order valence-electron chi connectivity index (χ1n) is 10.1. The Bertz CT molecular complexity index is 932. The summed E-state index contributed by atoms with van der Waals surface area (Å²) in [6.45, 7) is 5.54. The molecular formula is C21H26N2O7. The molecule has 0 amide bonds. The van der Waals surface area contributed by atoms with Crippen molar-refractivity contribution >= 4 is 17.3 Å². The molecule has 0 unspecified atom stereocenters. The monoisotopic (exact) mass is 418 g/mol. The number of ether oxygens (including phenoxy) is 1. The number of carbonyl (C=O) groups excluding carboxylic acids is 2. The van der Waals surface area contributed by atoms with Crippen molar-refractivity contribution in [3.05, 3.63) is 28.3 Å². The number of Topliss-reactive ketones (excluding diaryl/α,β-unsaturated/α-hetero) is 2. The molecule has 5 N–H and O–H groups in total. The van der Waals surface area contributed by atoms with Crippen LogP contribution in [0.4, 0.5) is 5.69 Å². The van der Waals surface area contributed by atoms with E-state index in [1.807, 2.05) is 0 Å². The minimum atomic E-state index is -1.35. The molecule has 30 heavy (non-hydrogen) atoms. The molecule has 4 rings (SSSR count). The number of carbonyl (C=O) groups is 2. The molecule has 9 nitrogen and oxygen atoms in total. The van der Waals surface area contributed by atoms with Gasteiger partial charge in [0.15, 0.2) is 17.3 Å². The number of phenols is 2. The van der Waals surface area contributed by atoms with Crippen LogP contribution in [0.25, 0.3) is 0 Å². The normalized spacial score (nSPS) is 27.1. The van der Waals surface area contributed by atoms with Crippen LogP contribution in [0.3, 0.4) is 0 Å². The molecule has 3 aliphatic rings.